The molecule has 0 amide bonds. The minimum atomic E-state index is 0.582. The minimum absolute atomic E-state index is 0.582. The van der Waals surface area contributed by atoms with E-state index in [1.54, 1.807) is 7.11 Å². The van der Waals surface area contributed by atoms with Gasteiger partial charge in [-0.1, -0.05) is 0 Å². The topological polar surface area (TPSA) is 66.2 Å². The van der Waals surface area contributed by atoms with Crippen LogP contribution in [0.3, 0.4) is 0 Å². The molecule has 0 unspecified atom stereocenters. The second-order valence-corrected chi connectivity index (χ2v) is 5.45. The van der Waals surface area contributed by atoms with Crippen molar-refractivity contribution in [3.8, 4) is 0 Å². The van der Waals surface area contributed by atoms with Crippen molar-refractivity contribution in [3.05, 3.63) is 23.8 Å². The van der Waals surface area contributed by atoms with Gasteiger partial charge in [-0.05, 0) is 37.6 Å². The summed E-state index contributed by atoms with van der Waals surface area (Å²) in [5.74, 6) is 0. The van der Waals surface area contributed by atoms with E-state index < -0.39 is 0 Å². The first-order valence-corrected chi connectivity index (χ1v) is 8.52. The summed E-state index contributed by atoms with van der Waals surface area (Å²) >= 11 is 0. The van der Waals surface area contributed by atoms with Crippen LogP contribution in [0.4, 0.5) is 11.4 Å². The van der Waals surface area contributed by atoms with Crippen molar-refractivity contribution in [1.82, 2.24) is 0 Å². The predicted molar refractivity (Wildman–Crippen MR) is 97.8 cm³/mol. The van der Waals surface area contributed by atoms with Crippen LogP contribution in [0.15, 0.2) is 18.2 Å². The number of aryl methyl sites for hydroxylation is 1. The monoisotopic (exact) mass is 340 g/mol. The van der Waals surface area contributed by atoms with Crippen molar-refractivity contribution >= 4 is 11.4 Å². The van der Waals surface area contributed by atoms with Crippen LogP contribution in [0.5, 0.6) is 0 Å². The summed E-state index contributed by atoms with van der Waals surface area (Å²) in [6, 6.07) is 6.13. The second kappa shape index (κ2) is 13.0. The number of anilines is 2. The molecule has 0 radical (unpaired) electrons. The fraction of sp³-hybridized carbons (Fsp3) is 0.667. The zero-order valence-corrected chi connectivity index (χ0v) is 15.3. The van der Waals surface area contributed by atoms with E-state index >= 15 is 0 Å². The summed E-state index contributed by atoms with van der Waals surface area (Å²) in [5.41, 5.74) is 8.98. The first kappa shape index (κ1) is 20.7. The van der Waals surface area contributed by atoms with Gasteiger partial charge in [-0.3, -0.25) is 0 Å². The maximum absolute atomic E-state index is 5.87. The average Bonchev–Trinajstić information content (AvgIpc) is 2.59. The Morgan fingerprint density at radius 3 is 2.04 bits per heavy atom. The molecule has 2 N–H and O–H groups in total. The molecule has 0 heterocycles. The number of ether oxygens (including phenoxy) is 4. The smallest absolute Gasteiger partial charge is 0.0701 e. The summed E-state index contributed by atoms with van der Waals surface area (Å²) in [6.45, 7) is 10.2. The SMILES string of the molecule is CCN(CCOCCOCCOCCOC)c1ccc(N)c(C)c1. The summed E-state index contributed by atoms with van der Waals surface area (Å²) in [6.07, 6.45) is 0. The van der Waals surface area contributed by atoms with Crippen molar-refractivity contribution in [2.24, 2.45) is 0 Å². The van der Waals surface area contributed by atoms with Crippen LogP contribution in [0.1, 0.15) is 12.5 Å². The Morgan fingerprint density at radius 1 is 0.917 bits per heavy atom. The Hall–Kier alpha value is -1.34. The van der Waals surface area contributed by atoms with E-state index in [1.807, 2.05) is 13.0 Å². The molecule has 0 bridgehead atoms. The Morgan fingerprint density at radius 2 is 1.50 bits per heavy atom. The number of benzene rings is 1. The van der Waals surface area contributed by atoms with Crippen LogP contribution in [-0.2, 0) is 18.9 Å². The van der Waals surface area contributed by atoms with E-state index in [2.05, 4.69) is 24.0 Å². The molecule has 0 saturated heterocycles. The highest BCUT2D eigenvalue weighted by molar-refractivity contribution is 5.57. The van der Waals surface area contributed by atoms with Gasteiger partial charge < -0.3 is 29.6 Å². The fourth-order valence-electron chi connectivity index (χ4n) is 2.19. The third-order valence-electron chi connectivity index (χ3n) is 3.68. The van der Waals surface area contributed by atoms with Crippen molar-refractivity contribution in [3.63, 3.8) is 0 Å². The van der Waals surface area contributed by atoms with E-state index in [-0.39, 0.29) is 0 Å². The zero-order valence-electron chi connectivity index (χ0n) is 15.3. The molecular formula is C18H32N2O4. The number of rotatable bonds is 14. The molecule has 6 heteroatoms. The number of likely N-dealkylation sites (N-methyl/N-ethyl adjacent to an activating group) is 1. The van der Waals surface area contributed by atoms with Gasteiger partial charge in [0.15, 0.2) is 0 Å². The standard InChI is InChI=1S/C18H32N2O4/c1-4-20(17-5-6-18(19)16(2)15-17)7-8-22-11-12-24-14-13-23-10-9-21-3/h5-6,15H,4,7-14,19H2,1-3H3. The van der Waals surface area contributed by atoms with Crippen LogP contribution < -0.4 is 10.6 Å². The molecule has 0 atom stereocenters. The van der Waals surface area contributed by atoms with Crippen LogP contribution in [0.25, 0.3) is 0 Å². The van der Waals surface area contributed by atoms with Crippen molar-refractivity contribution in [2.75, 3.05) is 77.1 Å². The lowest BCUT2D eigenvalue weighted by Gasteiger charge is -2.23. The summed E-state index contributed by atoms with van der Waals surface area (Å²) in [5, 5.41) is 0. The number of methoxy groups -OCH3 is 1. The average molecular weight is 340 g/mol. The Labute approximate surface area is 145 Å². The highest BCUT2D eigenvalue weighted by Crippen LogP contribution is 2.20. The summed E-state index contributed by atoms with van der Waals surface area (Å²) in [7, 11) is 1.66. The number of nitrogens with zero attached hydrogens (tertiary/aromatic N) is 1. The molecule has 1 aromatic carbocycles. The summed E-state index contributed by atoms with van der Waals surface area (Å²) in [4.78, 5) is 2.27. The number of nitrogen functional groups attached to an aromatic ring is 1. The first-order valence-electron chi connectivity index (χ1n) is 8.52. The highest BCUT2D eigenvalue weighted by atomic mass is 16.6. The molecule has 0 saturated carbocycles. The van der Waals surface area contributed by atoms with Crippen molar-refractivity contribution in [1.29, 1.82) is 0 Å². The lowest BCUT2D eigenvalue weighted by molar-refractivity contribution is 0.00457. The minimum Gasteiger partial charge on any atom is -0.399 e. The molecule has 0 fully saturated rings. The molecule has 6 nitrogen and oxygen atoms in total. The second-order valence-electron chi connectivity index (χ2n) is 5.45. The van der Waals surface area contributed by atoms with E-state index in [0.717, 1.165) is 24.3 Å². The van der Waals surface area contributed by atoms with Crippen molar-refractivity contribution in [2.45, 2.75) is 13.8 Å². The molecule has 138 valence electrons. The number of nitrogens with two attached hydrogens (primary N) is 1. The van der Waals surface area contributed by atoms with Gasteiger partial charge in [0, 0.05) is 31.6 Å². The molecule has 0 aliphatic rings. The third kappa shape index (κ3) is 8.49. The van der Waals surface area contributed by atoms with Crippen LogP contribution in [-0.4, -0.2) is 66.4 Å². The Balaban J connectivity index is 2.07. The largest absolute Gasteiger partial charge is 0.399 e. The van der Waals surface area contributed by atoms with E-state index in [1.165, 1.54) is 5.69 Å². The van der Waals surface area contributed by atoms with Gasteiger partial charge in [-0.25, -0.2) is 0 Å². The molecule has 0 spiro atoms. The van der Waals surface area contributed by atoms with E-state index in [4.69, 9.17) is 24.7 Å². The van der Waals surface area contributed by atoms with Gasteiger partial charge in [-0.15, -0.1) is 0 Å². The predicted octanol–water partition coefficient (Wildman–Crippen LogP) is 2.10. The molecule has 0 aliphatic heterocycles. The molecule has 1 aromatic rings. The quantitative estimate of drug-likeness (QED) is 0.413. The Bertz CT molecular complexity index is 443. The fourth-order valence-corrected chi connectivity index (χ4v) is 2.19. The lowest BCUT2D eigenvalue weighted by atomic mass is 10.1. The summed E-state index contributed by atoms with van der Waals surface area (Å²) < 4.78 is 21.3. The van der Waals surface area contributed by atoms with Gasteiger partial charge in [0.25, 0.3) is 0 Å². The van der Waals surface area contributed by atoms with Crippen LogP contribution in [0.2, 0.25) is 0 Å². The molecule has 0 aromatic heterocycles. The van der Waals surface area contributed by atoms with Gasteiger partial charge in [-0.2, -0.15) is 0 Å². The maximum Gasteiger partial charge on any atom is 0.0701 e. The molecule has 24 heavy (non-hydrogen) atoms. The van der Waals surface area contributed by atoms with Gasteiger partial charge in [0.05, 0.1) is 46.2 Å². The molecule has 1 rings (SSSR count). The van der Waals surface area contributed by atoms with Crippen LogP contribution >= 0.6 is 0 Å². The van der Waals surface area contributed by atoms with Crippen molar-refractivity contribution < 1.29 is 18.9 Å². The zero-order chi connectivity index (χ0) is 17.6. The van der Waals surface area contributed by atoms with E-state index in [0.29, 0.717) is 46.2 Å². The van der Waals surface area contributed by atoms with Gasteiger partial charge in [0.1, 0.15) is 0 Å². The lowest BCUT2D eigenvalue weighted by Crippen LogP contribution is -2.27. The van der Waals surface area contributed by atoms with Gasteiger partial charge >= 0.3 is 0 Å². The number of hydrogen-bond donors (Lipinski definition) is 1. The van der Waals surface area contributed by atoms with Gasteiger partial charge in [0.2, 0.25) is 0 Å². The first-order chi connectivity index (χ1) is 11.7. The maximum atomic E-state index is 5.87. The third-order valence-corrected chi connectivity index (χ3v) is 3.68. The number of hydrogen-bond acceptors (Lipinski definition) is 6. The Kier molecular flexibility index (Phi) is 11.2. The normalized spacial score (nSPS) is 11.0. The molecule has 0 aliphatic carbocycles. The van der Waals surface area contributed by atoms with Crippen LogP contribution in [0, 0.1) is 6.92 Å². The highest BCUT2D eigenvalue weighted by Gasteiger charge is 2.05. The molecular weight excluding hydrogens is 308 g/mol. The van der Waals surface area contributed by atoms with E-state index in [9.17, 15) is 0 Å².